The van der Waals surface area contributed by atoms with E-state index in [1.165, 1.54) is 6.07 Å². The second kappa shape index (κ2) is 16.4. The van der Waals surface area contributed by atoms with Gasteiger partial charge in [0.1, 0.15) is 11.5 Å². The number of phosphoric acid groups is 2. The van der Waals surface area contributed by atoms with Crippen LogP contribution >= 0.6 is 15.6 Å². The van der Waals surface area contributed by atoms with Crippen LogP contribution in [0.5, 0.6) is 11.5 Å². The Morgan fingerprint density at radius 3 is 0.875 bits per heavy atom. The normalized spacial score (nSPS) is 16.4. The molecule has 0 fully saturated rings. The molecule has 250 valence electrons. The molecule has 0 saturated carbocycles. The van der Waals surface area contributed by atoms with Crippen LogP contribution in [0.4, 0.5) is 0 Å². The van der Waals surface area contributed by atoms with E-state index in [9.17, 15) is 9.13 Å². The van der Waals surface area contributed by atoms with Crippen molar-refractivity contribution in [2.75, 3.05) is 0 Å². The quantitative estimate of drug-likeness (QED) is 0.0948. The predicted octanol–water partition coefficient (Wildman–Crippen LogP) is 11.8. The first-order valence-corrected chi connectivity index (χ1v) is 18.7. The van der Waals surface area contributed by atoms with Crippen LogP contribution in [0, 0.1) is 0 Å². The molecule has 4 unspecified atom stereocenters. The molecule has 4 atom stereocenters. The molecule has 5 rings (SSSR count). The highest BCUT2D eigenvalue weighted by Gasteiger charge is 2.37. The summed E-state index contributed by atoms with van der Waals surface area (Å²) in [6, 6.07) is 43.7. The lowest BCUT2D eigenvalue weighted by molar-refractivity contribution is 0.0903. The minimum atomic E-state index is -4.27. The maximum atomic E-state index is 14.3. The van der Waals surface area contributed by atoms with E-state index in [1.807, 2.05) is 121 Å². The fourth-order valence-electron chi connectivity index (χ4n) is 4.90. The van der Waals surface area contributed by atoms with Crippen LogP contribution in [-0.2, 0) is 27.2 Å². The molecule has 5 aromatic carbocycles. The van der Waals surface area contributed by atoms with Gasteiger partial charge in [-0.05, 0) is 62.1 Å². The van der Waals surface area contributed by atoms with E-state index < -0.39 is 40.1 Å². The highest BCUT2D eigenvalue weighted by atomic mass is 31.2. The summed E-state index contributed by atoms with van der Waals surface area (Å²) in [7, 11) is -8.54. The van der Waals surface area contributed by atoms with Crippen molar-refractivity contribution in [1.29, 1.82) is 0 Å². The molecule has 0 radical (unpaired) electrons. The molecule has 0 bridgehead atoms. The Morgan fingerprint density at radius 1 is 0.375 bits per heavy atom. The van der Waals surface area contributed by atoms with Crippen LogP contribution in [0.3, 0.4) is 0 Å². The zero-order chi connectivity index (χ0) is 34.0. The number of benzene rings is 5. The summed E-state index contributed by atoms with van der Waals surface area (Å²) >= 11 is 0. The molecular formula is C38H40O8P2. The summed E-state index contributed by atoms with van der Waals surface area (Å²) in [5, 5.41) is 0. The van der Waals surface area contributed by atoms with Gasteiger partial charge in [-0.15, -0.1) is 0 Å². The van der Waals surface area contributed by atoms with Gasteiger partial charge in [0.25, 0.3) is 0 Å². The molecule has 0 N–H and O–H groups in total. The number of hydrogen-bond donors (Lipinski definition) is 0. The lowest BCUT2D eigenvalue weighted by atomic mass is 10.1. The smallest absolute Gasteiger partial charge is 0.404 e. The van der Waals surface area contributed by atoms with E-state index >= 15 is 0 Å². The molecule has 0 saturated heterocycles. The van der Waals surface area contributed by atoms with Crippen LogP contribution in [0.25, 0.3) is 0 Å². The lowest BCUT2D eigenvalue weighted by Gasteiger charge is -2.26. The summed E-state index contributed by atoms with van der Waals surface area (Å²) in [6.07, 6.45) is -2.50. The average molecular weight is 687 g/mol. The molecular weight excluding hydrogens is 646 g/mol. The first-order valence-electron chi connectivity index (χ1n) is 15.7. The zero-order valence-electron chi connectivity index (χ0n) is 27.3. The molecule has 8 nitrogen and oxygen atoms in total. The SMILES string of the molecule is CC(OP(=O)(Oc1cccc(OP(=O)(OC(C)c2ccccc2)OC(C)c2ccccc2)c1)OC(C)c1ccccc1)c1ccccc1. The average Bonchev–Trinajstić information content (AvgIpc) is 3.09. The summed E-state index contributed by atoms with van der Waals surface area (Å²) in [5.41, 5.74) is 3.18. The fourth-order valence-corrected chi connectivity index (χ4v) is 7.95. The van der Waals surface area contributed by atoms with E-state index in [-0.39, 0.29) is 11.5 Å². The number of rotatable bonds is 16. The van der Waals surface area contributed by atoms with Gasteiger partial charge >= 0.3 is 15.6 Å². The Hall–Kier alpha value is -4.00. The van der Waals surface area contributed by atoms with Gasteiger partial charge in [0.05, 0.1) is 24.4 Å². The van der Waals surface area contributed by atoms with E-state index in [0.717, 1.165) is 22.3 Å². The van der Waals surface area contributed by atoms with Crippen molar-refractivity contribution < 1.29 is 36.3 Å². The van der Waals surface area contributed by atoms with Crippen LogP contribution < -0.4 is 9.05 Å². The standard InChI is InChI=1S/C38H40O8P2/c1-29(33-18-9-5-10-19-33)41-47(39,42-30(2)34-20-11-6-12-21-34)45-37-26-17-27-38(28-37)46-48(40,43-31(3)35-22-13-7-14-23-35)44-32(4)36-24-15-8-16-25-36/h5-32H,1-4H3. The molecule has 0 spiro atoms. The van der Waals surface area contributed by atoms with Crippen LogP contribution in [-0.4, -0.2) is 0 Å². The second-order valence-electron chi connectivity index (χ2n) is 11.2. The third-order valence-electron chi connectivity index (χ3n) is 7.46. The molecule has 0 aliphatic carbocycles. The summed E-state index contributed by atoms with van der Waals surface area (Å²) < 4.78 is 64.8. The van der Waals surface area contributed by atoms with Gasteiger partial charge in [-0.25, -0.2) is 9.13 Å². The first kappa shape index (κ1) is 35.3. The molecule has 0 amide bonds. The van der Waals surface area contributed by atoms with Crippen LogP contribution in [0.2, 0.25) is 0 Å². The zero-order valence-corrected chi connectivity index (χ0v) is 29.1. The van der Waals surface area contributed by atoms with E-state index in [0.29, 0.717) is 0 Å². The van der Waals surface area contributed by atoms with Gasteiger partial charge in [-0.2, -0.15) is 0 Å². The van der Waals surface area contributed by atoms with Gasteiger partial charge in [0.15, 0.2) is 0 Å². The summed E-state index contributed by atoms with van der Waals surface area (Å²) in [5.74, 6) is 0.213. The molecule has 10 heteroatoms. The Bertz CT molecular complexity index is 1570. The van der Waals surface area contributed by atoms with Crippen molar-refractivity contribution in [2.45, 2.75) is 52.1 Å². The van der Waals surface area contributed by atoms with E-state index in [1.54, 1.807) is 45.9 Å². The third-order valence-corrected chi connectivity index (χ3v) is 10.6. The van der Waals surface area contributed by atoms with Crippen molar-refractivity contribution in [1.82, 2.24) is 0 Å². The Balaban J connectivity index is 1.41. The highest BCUT2D eigenvalue weighted by Crippen LogP contribution is 2.58. The topological polar surface area (TPSA) is 89.5 Å². The second-order valence-corrected chi connectivity index (χ2v) is 14.2. The fraction of sp³-hybridized carbons (Fsp3) is 0.211. The maximum absolute atomic E-state index is 14.3. The minimum Gasteiger partial charge on any atom is -0.404 e. The van der Waals surface area contributed by atoms with Gasteiger partial charge in [-0.1, -0.05) is 127 Å². The molecule has 48 heavy (non-hydrogen) atoms. The number of phosphoric ester groups is 2. The molecule has 0 heterocycles. The first-order chi connectivity index (χ1) is 23.1. The molecule has 0 aromatic heterocycles. The Morgan fingerprint density at radius 2 is 0.625 bits per heavy atom. The van der Waals surface area contributed by atoms with Crippen molar-refractivity contribution in [3.05, 3.63) is 168 Å². The van der Waals surface area contributed by atoms with Gasteiger partial charge in [0.2, 0.25) is 0 Å². The Kier molecular flexibility index (Phi) is 12.1. The van der Waals surface area contributed by atoms with Crippen molar-refractivity contribution in [3.63, 3.8) is 0 Å². The van der Waals surface area contributed by atoms with Gasteiger partial charge < -0.3 is 9.05 Å². The molecule has 5 aromatic rings. The van der Waals surface area contributed by atoms with E-state index in [4.69, 9.17) is 27.1 Å². The van der Waals surface area contributed by atoms with Crippen molar-refractivity contribution >= 4 is 15.6 Å². The highest BCUT2D eigenvalue weighted by molar-refractivity contribution is 7.49. The van der Waals surface area contributed by atoms with Crippen molar-refractivity contribution in [2.24, 2.45) is 0 Å². The number of hydrogen-bond acceptors (Lipinski definition) is 8. The maximum Gasteiger partial charge on any atom is 0.531 e. The molecule has 0 aliphatic heterocycles. The minimum absolute atomic E-state index is 0.107. The van der Waals surface area contributed by atoms with Crippen molar-refractivity contribution in [3.8, 4) is 11.5 Å². The Labute approximate surface area is 282 Å². The van der Waals surface area contributed by atoms with Gasteiger partial charge in [0, 0.05) is 6.07 Å². The monoisotopic (exact) mass is 686 g/mol. The summed E-state index contributed by atoms with van der Waals surface area (Å²) in [6.45, 7) is 7.09. The van der Waals surface area contributed by atoms with E-state index in [2.05, 4.69) is 0 Å². The lowest BCUT2D eigenvalue weighted by Crippen LogP contribution is -2.10. The largest absolute Gasteiger partial charge is 0.531 e. The predicted molar refractivity (Wildman–Crippen MR) is 187 cm³/mol. The molecule has 0 aliphatic rings. The third kappa shape index (κ3) is 10.0. The summed E-state index contributed by atoms with van der Waals surface area (Å²) in [4.78, 5) is 0. The van der Waals surface area contributed by atoms with Crippen LogP contribution in [0.15, 0.2) is 146 Å². The van der Waals surface area contributed by atoms with Gasteiger partial charge in [-0.3, -0.25) is 18.1 Å². The van der Waals surface area contributed by atoms with Crippen LogP contribution in [0.1, 0.15) is 74.4 Å².